The molecule has 1 N–H and O–H groups in total. The number of benzene rings is 2. The van der Waals surface area contributed by atoms with Gasteiger partial charge in [0.2, 0.25) is 0 Å². The van der Waals surface area contributed by atoms with Gasteiger partial charge in [-0.15, -0.1) is 0 Å². The molecule has 0 unspecified atom stereocenters. The van der Waals surface area contributed by atoms with E-state index < -0.39 is 0 Å². The fraction of sp³-hybridized carbons (Fsp3) is 0. The van der Waals surface area contributed by atoms with Gasteiger partial charge in [-0.25, -0.2) is 0 Å². The van der Waals surface area contributed by atoms with Gasteiger partial charge in [-0.1, -0.05) is 46.9 Å². The van der Waals surface area contributed by atoms with Gasteiger partial charge in [-0.05, 0) is 36.5 Å². The molecule has 3 rings (SSSR count). The van der Waals surface area contributed by atoms with Gasteiger partial charge in [0, 0.05) is 0 Å². The zero-order valence-corrected chi connectivity index (χ0v) is 12.5. The third-order valence-electron chi connectivity index (χ3n) is 2.82. The van der Waals surface area contributed by atoms with E-state index in [9.17, 15) is 0 Å². The van der Waals surface area contributed by atoms with Crippen molar-refractivity contribution >= 4 is 58.1 Å². The lowest BCUT2D eigenvalue weighted by Gasteiger charge is -2.07. The molecule has 96 valence electrons. The summed E-state index contributed by atoms with van der Waals surface area (Å²) in [4.78, 5) is 3.10. The van der Waals surface area contributed by atoms with E-state index in [1.807, 2.05) is 28.8 Å². The molecular formula is C13H7Cl3N2S. The molecule has 0 amide bonds. The van der Waals surface area contributed by atoms with E-state index in [2.05, 4.69) is 4.98 Å². The fourth-order valence-corrected chi connectivity index (χ4v) is 2.82. The van der Waals surface area contributed by atoms with Crippen molar-refractivity contribution in [3.63, 3.8) is 0 Å². The van der Waals surface area contributed by atoms with Crippen LogP contribution in [-0.4, -0.2) is 9.55 Å². The molecule has 2 nitrogen and oxygen atoms in total. The zero-order valence-electron chi connectivity index (χ0n) is 9.45. The predicted octanol–water partition coefficient (Wildman–Crippen LogP) is 5.65. The van der Waals surface area contributed by atoms with Crippen LogP contribution < -0.4 is 0 Å². The zero-order chi connectivity index (χ0) is 13.6. The summed E-state index contributed by atoms with van der Waals surface area (Å²) in [6.45, 7) is 0. The summed E-state index contributed by atoms with van der Waals surface area (Å²) in [6, 6.07) is 11.0. The number of rotatable bonds is 1. The number of hydrogen-bond donors (Lipinski definition) is 1. The number of nitrogens with zero attached hydrogens (tertiary/aromatic N) is 1. The normalized spacial score (nSPS) is 11.1. The van der Waals surface area contributed by atoms with Crippen LogP contribution in [0.5, 0.6) is 0 Å². The molecular weight excluding hydrogens is 323 g/mol. The Balaban J connectivity index is 2.42. The third-order valence-corrected chi connectivity index (χ3v) is 4.14. The Morgan fingerprint density at radius 1 is 0.947 bits per heavy atom. The molecule has 1 aromatic heterocycles. The molecule has 0 aliphatic heterocycles. The Kier molecular flexibility index (Phi) is 3.31. The standard InChI is InChI=1S/C13H7Cl3N2S/c14-7-3-1-2-4-11(7)18-12-6-9(16)8(15)5-10(12)17-13(18)19/h1-6H,(H,17,19). The molecule has 3 aromatic rings. The summed E-state index contributed by atoms with van der Waals surface area (Å²) in [7, 11) is 0. The van der Waals surface area contributed by atoms with Crippen LogP contribution in [-0.2, 0) is 0 Å². The topological polar surface area (TPSA) is 20.7 Å². The van der Waals surface area contributed by atoms with E-state index in [0.717, 1.165) is 16.7 Å². The Labute approximate surface area is 129 Å². The Hall–Kier alpha value is -1.00. The number of halogens is 3. The SMILES string of the molecule is S=c1[nH]c2cc(Cl)c(Cl)cc2n1-c1ccccc1Cl. The summed E-state index contributed by atoms with van der Waals surface area (Å²) >= 11 is 23.6. The van der Waals surface area contributed by atoms with E-state index >= 15 is 0 Å². The number of hydrogen-bond acceptors (Lipinski definition) is 1. The van der Waals surface area contributed by atoms with E-state index in [0.29, 0.717) is 19.8 Å². The third kappa shape index (κ3) is 2.17. The Morgan fingerprint density at radius 2 is 1.63 bits per heavy atom. The van der Waals surface area contributed by atoms with Crippen molar-refractivity contribution < 1.29 is 0 Å². The average molecular weight is 330 g/mol. The first-order chi connectivity index (χ1) is 9.08. The van der Waals surface area contributed by atoms with E-state index in [4.69, 9.17) is 47.0 Å². The maximum atomic E-state index is 6.22. The smallest absolute Gasteiger partial charge is 0.182 e. The summed E-state index contributed by atoms with van der Waals surface area (Å²) < 4.78 is 2.39. The van der Waals surface area contributed by atoms with Gasteiger partial charge in [0.05, 0.1) is 31.8 Å². The van der Waals surface area contributed by atoms with Crippen LogP contribution in [0.1, 0.15) is 0 Å². The van der Waals surface area contributed by atoms with Crippen molar-refractivity contribution in [2.24, 2.45) is 0 Å². The van der Waals surface area contributed by atoms with Crippen LogP contribution in [0, 0.1) is 4.77 Å². The molecule has 2 aromatic carbocycles. The maximum Gasteiger partial charge on any atom is 0.182 e. The number of para-hydroxylation sites is 1. The second-order valence-corrected chi connectivity index (χ2v) is 5.61. The van der Waals surface area contributed by atoms with Gasteiger partial charge >= 0.3 is 0 Å². The van der Waals surface area contributed by atoms with Crippen LogP contribution >= 0.6 is 47.0 Å². The first kappa shape index (κ1) is 13.0. The first-order valence-corrected chi connectivity index (χ1v) is 6.97. The highest BCUT2D eigenvalue weighted by atomic mass is 35.5. The van der Waals surface area contributed by atoms with Gasteiger partial charge in [0.25, 0.3) is 0 Å². The summed E-state index contributed by atoms with van der Waals surface area (Å²) in [5.74, 6) is 0. The van der Waals surface area contributed by atoms with Crippen LogP contribution in [0.3, 0.4) is 0 Å². The lowest BCUT2D eigenvalue weighted by atomic mass is 10.3. The summed E-state index contributed by atoms with van der Waals surface area (Å²) in [5.41, 5.74) is 2.46. The molecule has 0 aliphatic carbocycles. The van der Waals surface area contributed by atoms with Crippen LogP contribution in [0.15, 0.2) is 36.4 Å². The number of nitrogens with one attached hydrogen (secondary N) is 1. The number of H-pyrrole nitrogens is 1. The minimum absolute atomic E-state index is 0.476. The molecule has 0 spiro atoms. The Bertz CT molecular complexity index is 836. The van der Waals surface area contributed by atoms with Gasteiger partial charge in [-0.2, -0.15) is 0 Å². The van der Waals surface area contributed by atoms with Crippen LogP contribution in [0.4, 0.5) is 0 Å². The molecule has 0 saturated heterocycles. The van der Waals surface area contributed by atoms with Gasteiger partial charge in [-0.3, -0.25) is 4.57 Å². The fourth-order valence-electron chi connectivity index (χ4n) is 1.97. The van der Waals surface area contributed by atoms with Crippen molar-refractivity contribution in [1.82, 2.24) is 9.55 Å². The van der Waals surface area contributed by atoms with Crippen molar-refractivity contribution in [3.05, 3.63) is 56.2 Å². The number of aromatic nitrogens is 2. The number of imidazole rings is 1. The molecule has 19 heavy (non-hydrogen) atoms. The molecule has 0 saturated carbocycles. The summed E-state index contributed by atoms with van der Waals surface area (Å²) in [5, 5.41) is 1.58. The van der Waals surface area contributed by atoms with Crippen molar-refractivity contribution in [2.45, 2.75) is 0 Å². The second-order valence-electron chi connectivity index (χ2n) is 4.00. The largest absolute Gasteiger partial charge is 0.330 e. The molecule has 0 aliphatic rings. The highest BCUT2D eigenvalue weighted by Crippen LogP contribution is 2.31. The highest BCUT2D eigenvalue weighted by molar-refractivity contribution is 7.71. The van der Waals surface area contributed by atoms with E-state index in [1.54, 1.807) is 12.1 Å². The average Bonchev–Trinajstić information content (AvgIpc) is 2.66. The first-order valence-electron chi connectivity index (χ1n) is 5.42. The van der Waals surface area contributed by atoms with Gasteiger partial charge < -0.3 is 4.98 Å². The maximum absolute atomic E-state index is 6.22. The molecule has 0 fully saturated rings. The molecule has 1 heterocycles. The highest BCUT2D eigenvalue weighted by Gasteiger charge is 2.11. The number of fused-ring (bicyclic) bond motifs is 1. The lowest BCUT2D eigenvalue weighted by Crippen LogP contribution is -1.94. The summed E-state index contributed by atoms with van der Waals surface area (Å²) in [6.07, 6.45) is 0. The molecule has 0 radical (unpaired) electrons. The van der Waals surface area contributed by atoms with Gasteiger partial charge in [0.15, 0.2) is 4.77 Å². The molecule has 6 heteroatoms. The Morgan fingerprint density at radius 3 is 2.37 bits per heavy atom. The monoisotopic (exact) mass is 328 g/mol. The molecule has 0 atom stereocenters. The van der Waals surface area contributed by atoms with E-state index in [1.165, 1.54) is 0 Å². The van der Waals surface area contributed by atoms with Crippen molar-refractivity contribution in [2.75, 3.05) is 0 Å². The van der Waals surface area contributed by atoms with Gasteiger partial charge in [0.1, 0.15) is 0 Å². The van der Waals surface area contributed by atoms with Crippen LogP contribution in [0.25, 0.3) is 16.7 Å². The van der Waals surface area contributed by atoms with Crippen molar-refractivity contribution in [3.8, 4) is 5.69 Å². The van der Waals surface area contributed by atoms with Crippen LogP contribution in [0.2, 0.25) is 15.1 Å². The minimum atomic E-state index is 0.476. The van der Waals surface area contributed by atoms with Crippen molar-refractivity contribution in [1.29, 1.82) is 0 Å². The lowest BCUT2D eigenvalue weighted by molar-refractivity contribution is 1.07. The minimum Gasteiger partial charge on any atom is -0.330 e. The molecule has 0 bridgehead atoms. The quantitative estimate of drug-likeness (QED) is 0.572. The van der Waals surface area contributed by atoms with E-state index in [-0.39, 0.29) is 0 Å². The number of aromatic amines is 1. The second kappa shape index (κ2) is 4.84. The predicted molar refractivity (Wildman–Crippen MR) is 83.5 cm³/mol.